The standard InChI is InChI=1S/C19H15F2N5O.C15H10N4O2.C14H10N4O4.C14H8N4O2.C14H12N4O2.C7H5ClN2O4.C7H6N2/c1-22-14-2-4-15(5-3-14)26-12-24-16-10-13(11-23-17(16)26)18(27)25-8-6-19(20,21)7-9-25;1-16-11-3-5-12(6-4-11)19-9-18-13-7-10(15(20)21-2)8-17-14(13)19;1-15-10-3-5-11(6-4-10)17-13-12(18(20)21)7-9(8-16-13)14(19)22-2;1-15-10-2-4-11(5-3-10)18-8-17-12-6-9(14(19)20)7-16-13(12)18;1-20-14(19)10-6-12(16)13(17-8-10)18-11-4-2-9(7-15)3-5-11;1-14-7(11)4-2-5(10(12)13)6(8)9-3-4;8-5-6-1-3-7(9)4-2-6/h2-5,10-12H,6-9H2;3-9H,2H3;3-8H,2H3,(H,16,17);2-8H,(H,19,20);2-6,8H,16H2,1H3,(H,17,18);2-3H,1H3;1-4H,9H2. The van der Waals surface area contributed by atoms with Crippen LogP contribution in [0.15, 0.2) is 238 Å². The van der Waals surface area contributed by atoms with Crippen LogP contribution in [-0.2, 0) is 18.9 Å². The number of imidazole rings is 3. The fourth-order valence-corrected chi connectivity index (χ4v) is 11.8. The number of nitro groups is 2. The Hall–Kier alpha value is -19.5. The number of hydrogen-bond acceptors (Lipinski definition) is 29. The lowest BCUT2D eigenvalue weighted by Gasteiger charge is -2.31. The number of carbonyl (C=O) groups is 6. The Morgan fingerprint density at radius 2 is 0.782 bits per heavy atom. The number of piperidine rings is 1. The lowest BCUT2D eigenvalue weighted by Crippen LogP contribution is -2.42. The third-order valence-corrected chi connectivity index (χ3v) is 18.8. The van der Waals surface area contributed by atoms with Crippen molar-refractivity contribution in [3.63, 3.8) is 0 Å². The van der Waals surface area contributed by atoms with Crippen LogP contribution < -0.4 is 22.1 Å². The molecule has 6 aromatic carbocycles. The number of amides is 1. The van der Waals surface area contributed by atoms with Crippen molar-refractivity contribution in [3.8, 4) is 29.2 Å². The number of aromatic carboxylic acids is 1. The molecule has 16 rings (SSSR count). The number of nitrogens with zero attached hydrogens (tertiary/aromatic N) is 21. The van der Waals surface area contributed by atoms with Gasteiger partial charge in [-0.05, 0) is 121 Å². The fourth-order valence-electron chi connectivity index (χ4n) is 11.6. The predicted octanol–water partition coefficient (Wildman–Crippen LogP) is 17.0. The van der Waals surface area contributed by atoms with E-state index in [2.05, 4.69) is 93.8 Å². The SMILES string of the molecule is COC(=O)c1cnc(Cl)c([N+](=O)[O-])c1.COC(=O)c1cnc(Nc2ccc(C#N)cc2)c(N)c1.N#Cc1ccc(N)cc1.[C-]#[N+]c1ccc(-n2cnc3cc(C(=O)N4CCC(F)(F)CC4)cnc32)cc1.[C-]#[N+]c1ccc(-n2cnc3cc(C(=O)O)cnc32)cc1.[C-]#[N+]c1ccc(-n2cnc3cc(C(=O)OC)cnc32)cc1.[C-]#[N+]c1ccc(Nc2ncc(C(=O)OC)cc2[N+](=O)[O-])cc1. The average Bonchev–Trinajstić information content (AvgIpc) is 2.31. The summed E-state index contributed by atoms with van der Waals surface area (Å²) >= 11 is 5.43. The minimum Gasteiger partial charge on any atom is -0.478 e. The molecule has 662 valence electrons. The van der Waals surface area contributed by atoms with Crippen LogP contribution in [0, 0.1) is 69.2 Å². The molecule has 1 aliphatic heterocycles. The van der Waals surface area contributed by atoms with Gasteiger partial charge in [0.15, 0.2) is 45.5 Å². The molecular weight excluding hydrogens is 1740 g/mol. The van der Waals surface area contributed by atoms with E-state index >= 15 is 0 Å². The van der Waals surface area contributed by atoms with Crippen LogP contribution >= 0.6 is 11.6 Å². The zero-order valence-corrected chi connectivity index (χ0v) is 70.4. The molecule has 1 aliphatic rings. The number of pyridine rings is 6. The van der Waals surface area contributed by atoms with Crippen molar-refractivity contribution in [1.29, 1.82) is 10.5 Å². The van der Waals surface area contributed by atoms with Crippen LogP contribution in [0.25, 0.3) is 69.9 Å². The number of nitrogen functional groups attached to an aromatic ring is 2. The van der Waals surface area contributed by atoms with Gasteiger partial charge in [0.1, 0.15) is 35.5 Å². The number of fused-ring (bicyclic) bond motifs is 3. The van der Waals surface area contributed by atoms with E-state index in [9.17, 15) is 57.8 Å². The van der Waals surface area contributed by atoms with Crippen molar-refractivity contribution >= 4 is 149 Å². The van der Waals surface area contributed by atoms with Crippen LogP contribution in [0.5, 0.6) is 0 Å². The molecule has 0 aliphatic carbocycles. The first-order chi connectivity index (χ1) is 63.9. The number of methoxy groups -OCH3 is 4. The van der Waals surface area contributed by atoms with Gasteiger partial charge in [-0.15, -0.1) is 0 Å². The molecule has 9 aromatic heterocycles. The van der Waals surface area contributed by atoms with Gasteiger partial charge < -0.3 is 51.1 Å². The maximum absolute atomic E-state index is 13.3. The second-order valence-corrected chi connectivity index (χ2v) is 27.3. The summed E-state index contributed by atoms with van der Waals surface area (Å²) in [5.74, 6) is -5.95. The number of carboxylic acid groups (broad SMARTS) is 1. The molecule has 0 unspecified atom stereocenters. The molecule has 0 bridgehead atoms. The summed E-state index contributed by atoms with van der Waals surface area (Å²) < 4.78 is 50.0. The number of benzene rings is 6. The number of carboxylic acids is 1. The molecule has 43 heteroatoms. The van der Waals surface area contributed by atoms with Gasteiger partial charge in [0, 0.05) is 109 Å². The highest BCUT2D eigenvalue weighted by molar-refractivity contribution is 6.31. The normalized spacial score (nSPS) is 11.1. The van der Waals surface area contributed by atoms with Gasteiger partial charge in [0.25, 0.3) is 11.8 Å². The van der Waals surface area contributed by atoms with Gasteiger partial charge in [0.05, 0.1) is 127 Å². The highest BCUT2D eigenvalue weighted by atomic mass is 35.5. The number of alkyl halides is 2. The molecule has 0 spiro atoms. The fraction of sp³-hybridized carbons (Fsp3) is 0.100. The lowest BCUT2D eigenvalue weighted by molar-refractivity contribution is -0.385. The van der Waals surface area contributed by atoms with Crippen molar-refractivity contribution in [2.75, 3.05) is 63.6 Å². The molecule has 133 heavy (non-hydrogen) atoms. The van der Waals surface area contributed by atoms with Crippen molar-refractivity contribution < 1.29 is 71.4 Å². The van der Waals surface area contributed by atoms with Gasteiger partial charge in [-0.25, -0.2) is 97.0 Å². The van der Waals surface area contributed by atoms with E-state index in [1.807, 2.05) is 24.3 Å². The van der Waals surface area contributed by atoms with Crippen LogP contribution in [0.3, 0.4) is 0 Å². The minimum atomic E-state index is -2.69. The zero-order valence-electron chi connectivity index (χ0n) is 69.7. The second-order valence-electron chi connectivity index (χ2n) is 27.0. The number of carbonyl (C=O) groups excluding carboxylic acids is 5. The van der Waals surface area contributed by atoms with E-state index in [1.165, 1.54) is 76.5 Å². The topological polar surface area (TPSA) is 521 Å². The third kappa shape index (κ3) is 25.2. The highest BCUT2D eigenvalue weighted by Crippen LogP contribution is 2.33. The number of aromatic nitrogens is 12. The van der Waals surface area contributed by atoms with Crippen molar-refractivity contribution in [2.24, 2.45) is 0 Å². The summed E-state index contributed by atoms with van der Waals surface area (Å²) in [4.78, 5) is 140. The monoisotopic (exact) mass is 1810 g/mol. The van der Waals surface area contributed by atoms with Crippen molar-refractivity contribution in [3.05, 3.63) is 354 Å². The predicted molar refractivity (Wildman–Crippen MR) is 479 cm³/mol. The van der Waals surface area contributed by atoms with Gasteiger partial charge in [0.2, 0.25) is 11.0 Å². The van der Waals surface area contributed by atoms with Gasteiger partial charge in [-0.3, -0.25) is 38.7 Å². The Balaban J connectivity index is 0.000000163. The molecule has 0 saturated carbocycles. The Labute approximate surface area is 756 Å². The van der Waals surface area contributed by atoms with Crippen LogP contribution in [-0.4, -0.2) is 162 Å². The molecule has 1 amide bonds. The van der Waals surface area contributed by atoms with Gasteiger partial charge >= 0.3 is 41.2 Å². The number of hydrogen-bond donors (Lipinski definition) is 5. The molecular formula is C90H66ClF2N25O15. The number of nitrogens with two attached hydrogens (primary N) is 2. The Morgan fingerprint density at radius 3 is 1.17 bits per heavy atom. The Kier molecular flexibility index (Phi) is 32.3. The first-order valence-corrected chi connectivity index (χ1v) is 38.5. The van der Waals surface area contributed by atoms with Gasteiger partial charge in [-0.2, -0.15) is 10.5 Å². The minimum absolute atomic E-state index is 0.00628. The number of halogens is 3. The summed E-state index contributed by atoms with van der Waals surface area (Å²) in [7, 11) is 4.97. The number of ether oxygens (including phenoxy) is 4. The summed E-state index contributed by atoms with van der Waals surface area (Å²) in [5.41, 5.74) is 23.0. The Morgan fingerprint density at radius 1 is 0.459 bits per heavy atom. The number of anilines is 6. The van der Waals surface area contributed by atoms with Crippen LogP contribution in [0.4, 0.5) is 77.3 Å². The summed E-state index contributed by atoms with van der Waals surface area (Å²) in [6.07, 6.45) is 12.1. The first-order valence-electron chi connectivity index (χ1n) is 38.1. The largest absolute Gasteiger partial charge is 0.478 e. The summed E-state index contributed by atoms with van der Waals surface area (Å²) in [6.45, 7) is 27.8. The lowest BCUT2D eigenvalue weighted by atomic mass is 10.1. The molecule has 1 saturated heterocycles. The van der Waals surface area contributed by atoms with Crippen molar-refractivity contribution in [1.82, 2.24) is 63.5 Å². The first kappa shape index (κ1) is 95.8. The van der Waals surface area contributed by atoms with E-state index in [4.69, 9.17) is 65.0 Å². The molecule has 40 nitrogen and oxygen atoms in total. The summed E-state index contributed by atoms with van der Waals surface area (Å²) in [5, 5.41) is 53.0. The van der Waals surface area contributed by atoms with Crippen molar-refractivity contribution in [2.45, 2.75) is 18.8 Å². The maximum Gasteiger partial charge on any atom is 0.339 e. The van der Waals surface area contributed by atoms with Crippen LogP contribution in [0.1, 0.15) is 86.1 Å². The maximum atomic E-state index is 13.3. The van der Waals surface area contributed by atoms with E-state index < -0.39 is 51.3 Å². The number of nitrogens with one attached hydrogen (secondary N) is 2. The van der Waals surface area contributed by atoms with E-state index in [0.717, 1.165) is 41.1 Å². The smallest absolute Gasteiger partial charge is 0.339 e. The van der Waals surface area contributed by atoms with Gasteiger partial charge in [-0.1, -0.05) is 60.1 Å². The molecule has 1 fully saturated rings. The quantitative estimate of drug-likeness (QED) is 0.0121. The molecule has 15 aromatic rings. The van der Waals surface area contributed by atoms with E-state index in [1.54, 1.807) is 178 Å². The number of rotatable bonds is 15. The molecule has 10 heterocycles. The van der Waals surface area contributed by atoms with Crippen LogP contribution in [0.2, 0.25) is 5.15 Å². The molecule has 0 radical (unpaired) electrons. The number of nitriles is 2. The number of esters is 4. The highest BCUT2D eigenvalue weighted by Gasteiger charge is 2.36. The summed E-state index contributed by atoms with van der Waals surface area (Å²) in [6, 6.07) is 53.5. The van der Waals surface area contributed by atoms with E-state index in [-0.39, 0.29) is 70.8 Å². The number of likely N-dealkylation sites (tertiary alicyclic amines) is 1. The zero-order chi connectivity index (χ0) is 96.0. The Bertz CT molecular complexity index is 7140. The average molecular weight is 1810 g/mol. The molecule has 0 atom stereocenters. The second kappa shape index (κ2) is 44.9. The van der Waals surface area contributed by atoms with E-state index in [0.29, 0.717) is 101 Å². The molecule has 7 N–H and O–H groups in total. The third-order valence-electron chi connectivity index (χ3n) is 18.5.